The van der Waals surface area contributed by atoms with Crippen LogP contribution in [0.1, 0.15) is 4.88 Å². The molecule has 0 bridgehead atoms. The maximum absolute atomic E-state index is 5.47. The molecule has 5 heteroatoms. The molecule has 20 heavy (non-hydrogen) atoms. The molecule has 0 aliphatic carbocycles. The standard InChI is InChI=1S/C15H11N3S2/c19-15-17-13-8-16-12-6-2-1-5-11(12)14(13)18(15)9-10-4-3-7-20-10/h1-8H,9H2,(H,17,19). The lowest BCUT2D eigenvalue weighted by Crippen LogP contribution is -1.98. The van der Waals surface area contributed by atoms with Crippen molar-refractivity contribution >= 4 is 45.5 Å². The molecule has 0 radical (unpaired) electrons. The summed E-state index contributed by atoms with van der Waals surface area (Å²) in [6, 6.07) is 12.4. The van der Waals surface area contributed by atoms with Gasteiger partial charge in [0.05, 0.1) is 29.3 Å². The maximum atomic E-state index is 5.47. The number of benzene rings is 1. The minimum atomic E-state index is 0.742. The van der Waals surface area contributed by atoms with Gasteiger partial charge in [-0.1, -0.05) is 24.3 Å². The molecule has 0 fully saturated rings. The van der Waals surface area contributed by atoms with Gasteiger partial charge in [0.1, 0.15) is 0 Å². The Bertz CT molecular complexity index is 948. The number of fused-ring (bicyclic) bond motifs is 3. The summed E-state index contributed by atoms with van der Waals surface area (Å²) in [5.74, 6) is 0. The number of H-pyrrole nitrogens is 1. The molecule has 3 aromatic heterocycles. The number of rotatable bonds is 2. The number of aromatic nitrogens is 3. The number of hydrogen-bond donors (Lipinski definition) is 1. The predicted molar refractivity (Wildman–Crippen MR) is 85.8 cm³/mol. The molecule has 4 rings (SSSR count). The molecule has 98 valence electrons. The van der Waals surface area contributed by atoms with Gasteiger partial charge in [-0.2, -0.15) is 0 Å². The third-order valence-corrected chi connectivity index (χ3v) is 4.58. The zero-order chi connectivity index (χ0) is 13.5. The van der Waals surface area contributed by atoms with Crippen LogP contribution in [0, 0.1) is 4.77 Å². The van der Waals surface area contributed by atoms with Crippen molar-refractivity contribution in [1.82, 2.24) is 14.5 Å². The molecule has 0 aliphatic rings. The molecule has 1 N–H and O–H groups in total. The highest BCUT2D eigenvalue weighted by molar-refractivity contribution is 7.71. The van der Waals surface area contributed by atoms with Crippen LogP contribution >= 0.6 is 23.6 Å². The second kappa shape index (κ2) is 4.54. The highest BCUT2D eigenvalue weighted by Gasteiger charge is 2.10. The first-order chi connectivity index (χ1) is 9.83. The summed E-state index contributed by atoms with van der Waals surface area (Å²) in [4.78, 5) is 9.02. The quantitative estimate of drug-likeness (QED) is 0.558. The van der Waals surface area contributed by atoms with Gasteiger partial charge in [-0.15, -0.1) is 11.3 Å². The number of para-hydroxylation sites is 1. The first-order valence-electron chi connectivity index (χ1n) is 6.31. The van der Waals surface area contributed by atoms with Gasteiger partial charge in [-0.3, -0.25) is 4.98 Å². The van der Waals surface area contributed by atoms with Gasteiger partial charge in [0.25, 0.3) is 0 Å². The summed E-state index contributed by atoms with van der Waals surface area (Å²) in [5, 5.41) is 3.22. The zero-order valence-electron chi connectivity index (χ0n) is 10.5. The summed E-state index contributed by atoms with van der Waals surface area (Å²) in [5.41, 5.74) is 3.12. The highest BCUT2D eigenvalue weighted by Crippen LogP contribution is 2.24. The number of imidazole rings is 1. The van der Waals surface area contributed by atoms with E-state index in [9.17, 15) is 0 Å². The lowest BCUT2D eigenvalue weighted by molar-refractivity contribution is 0.825. The average molecular weight is 297 g/mol. The minimum absolute atomic E-state index is 0.742. The van der Waals surface area contributed by atoms with E-state index in [0.717, 1.165) is 33.3 Å². The van der Waals surface area contributed by atoms with E-state index in [1.54, 1.807) is 11.3 Å². The number of aromatic amines is 1. The summed E-state index contributed by atoms with van der Waals surface area (Å²) in [6.45, 7) is 0.796. The first-order valence-corrected chi connectivity index (χ1v) is 7.60. The molecule has 3 nitrogen and oxygen atoms in total. The van der Waals surface area contributed by atoms with Crippen molar-refractivity contribution in [2.75, 3.05) is 0 Å². The van der Waals surface area contributed by atoms with Crippen molar-refractivity contribution in [3.8, 4) is 0 Å². The van der Waals surface area contributed by atoms with Crippen molar-refractivity contribution in [3.05, 3.63) is 57.6 Å². The smallest absolute Gasteiger partial charge is 0.178 e. The Hall–Kier alpha value is -1.98. The Labute approximate surface area is 124 Å². The molecule has 1 aromatic carbocycles. The van der Waals surface area contributed by atoms with Crippen LogP contribution < -0.4 is 0 Å². The molecular weight excluding hydrogens is 286 g/mol. The van der Waals surface area contributed by atoms with Crippen molar-refractivity contribution in [3.63, 3.8) is 0 Å². The van der Waals surface area contributed by atoms with Crippen LogP contribution in [0.2, 0.25) is 0 Å². The molecule has 4 aromatic rings. The van der Waals surface area contributed by atoms with Gasteiger partial charge in [0.2, 0.25) is 0 Å². The lowest BCUT2D eigenvalue weighted by atomic mass is 10.2. The van der Waals surface area contributed by atoms with Gasteiger partial charge in [-0.05, 0) is 29.7 Å². The third kappa shape index (κ3) is 1.78. The predicted octanol–water partition coefficient (Wildman–Crippen LogP) is 4.36. The van der Waals surface area contributed by atoms with Gasteiger partial charge in [-0.25, -0.2) is 0 Å². The van der Waals surface area contributed by atoms with Gasteiger partial charge in [0.15, 0.2) is 4.77 Å². The van der Waals surface area contributed by atoms with Crippen LogP contribution in [0.5, 0.6) is 0 Å². The van der Waals surface area contributed by atoms with Crippen LogP contribution in [-0.2, 0) is 6.54 Å². The molecule has 3 heterocycles. The van der Waals surface area contributed by atoms with Crippen LogP contribution in [0.4, 0.5) is 0 Å². The summed E-state index contributed by atoms with van der Waals surface area (Å²) >= 11 is 7.22. The molecule has 0 amide bonds. The fraction of sp³-hybridized carbons (Fsp3) is 0.0667. The molecule has 0 aliphatic heterocycles. The van der Waals surface area contributed by atoms with Crippen LogP contribution in [0.25, 0.3) is 21.9 Å². The van der Waals surface area contributed by atoms with E-state index in [4.69, 9.17) is 12.2 Å². The number of hydrogen-bond acceptors (Lipinski definition) is 3. The Morgan fingerprint density at radius 1 is 1.20 bits per heavy atom. The van der Waals surface area contributed by atoms with Crippen molar-refractivity contribution in [2.24, 2.45) is 0 Å². The Kier molecular flexibility index (Phi) is 2.68. The van der Waals surface area contributed by atoms with Gasteiger partial charge < -0.3 is 9.55 Å². The van der Waals surface area contributed by atoms with E-state index in [1.807, 2.05) is 24.4 Å². The average Bonchev–Trinajstić information content (AvgIpc) is 3.08. The highest BCUT2D eigenvalue weighted by atomic mass is 32.1. The number of pyridine rings is 1. The van der Waals surface area contributed by atoms with E-state index < -0.39 is 0 Å². The maximum Gasteiger partial charge on any atom is 0.178 e. The molecule has 0 unspecified atom stereocenters. The monoisotopic (exact) mass is 297 g/mol. The first kappa shape index (κ1) is 11.8. The van der Waals surface area contributed by atoms with Gasteiger partial charge >= 0.3 is 0 Å². The van der Waals surface area contributed by atoms with E-state index in [-0.39, 0.29) is 0 Å². The fourth-order valence-electron chi connectivity index (χ4n) is 2.50. The van der Waals surface area contributed by atoms with Crippen LogP contribution in [-0.4, -0.2) is 14.5 Å². The molecule has 0 spiro atoms. The molecule has 0 saturated carbocycles. The fourth-order valence-corrected chi connectivity index (χ4v) is 3.46. The van der Waals surface area contributed by atoms with E-state index in [2.05, 4.69) is 38.1 Å². The molecule has 0 atom stereocenters. The van der Waals surface area contributed by atoms with E-state index in [1.165, 1.54) is 4.88 Å². The molecular formula is C15H11N3S2. The number of nitrogens with one attached hydrogen (secondary N) is 1. The van der Waals surface area contributed by atoms with E-state index in [0.29, 0.717) is 0 Å². The third-order valence-electron chi connectivity index (χ3n) is 3.40. The van der Waals surface area contributed by atoms with Crippen molar-refractivity contribution in [2.45, 2.75) is 6.54 Å². The van der Waals surface area contributed by atoms with E-state index >= 15 is 0 Å². The van der Waals surface area contributed by atoms with Crippen molar-refractivity contribution < 1.29 is 0 Å². The largest absolute Gasteiger partial charge is 0.329 e. The van der Waals surface area contributed by atoms with Gasteiger partial charge in [0, 0.05) is 10.3 Å². The SMILES string of the molecule is S=c1[nH]c2cnc3ccccc3c2n1Cc1cccs1. The summed E-state index contributed by atoms with van der Waals surface area (Å²) < 4.78 is 2.90. The molecule has 0 saturated heterocycles. The number of thiophene rings is 1. The second-order valence-corrected chi connectivity index (χ2v) is 6.05. The number of nitrogens with zero attached hydrogens (tertiary/aromatic N) is 2. The Morgan fingerprint density at radius 3 is 2.95 bits per heavy atom. The second-order valence-electron chi connectivity index (χ2n) is 4.63. The topological polar surface area (TPSA) is 33.6 Å². The summed E-state index contributed by atoms with van der Waals surface area (Å²) in [6.07, 6.45) is 1.86. The zero-order valence-corrected chi connectivity index (χ0v) is 12.2. The van der Waals surface area contributed by atoms with Crippen LogP contribution in [0.15, 0.2) is 48.0 Å². The Balaban J connectivity index is 2.06. The van der Waals surface area contributed by atoms with Crippen LogP contribution in [0.3, 0.4) is 0 Å². The lowest BCUT2D eigenvalue weighted by Gasteiger charge is -2.05. The normalized spacial score (nSPS) is 11.4. The van der Waals surface area contributed by atoms with Crippen molar-refractivity contribution in [1.29, 1.82) is 0 Å². The minimum Gasteiger partial charge on any atom is -0.329 e. The summed E-state index contributed by atoms with van der Waals surface area (Å²) in [7, 11) is 0. The Morgan fingerprint density at radius 2 is 2.10 bits per heavy atom.